The van der Waals surface area contributed by atoms with Crippen LogP contribution in [0.2, 0.25) is 0 Å². The molecule has 19 heavy (non-hydrogen) atoms. The summed E-state index contributed by atoms with van der Waals surface area (Å²) < 4.78 is 0. The summed E-state index contributed by atoms with van der Waals surface area (Å²) in [6, 6.07) is 3.15. The Morgan fingerprint density at radius 3 is 2.32 bits per heavy atom. The molecule has 0 amide bonds. The number of hydrogen-bond acceptors (Lipinski definition) is 3. The monoisotopic (exact) mass is 265 g/mol. The minimum absolute atomic E-state index is 0.254. The maximum absolute atomic E-state index is 9.47. The lowest BCUT2D eigenvalue weighted by Gasteiger charge is -2.30. The molecule has 0 radical (unpaired) electrons. The standard InChI is InChI=1S/C16H31N3/c1-4-7-11-19(12-8-5-2)15-9-10-16(13-15,14-17)18-6-3/h15,18H,4-13H2,1-3H3. The Kier molecular flexibility index (Phi) is 7.41. The highest BCUT2D eigenvalue weighted by molar-refractivity contribution is 5.13. The van der Waals surface area contributed by atoms with Crippen LogP contribution in [0.25, 0.3) is 0 Å². The summed E-state index contributed by atoms with van der Waals surface area (Å²) in [6.07, 6.45) is 8.26. The van der Waals surface area contributed by atoms with Crippen molar-refractivity contribution in [1.29, 1.82) is 5.26 Å². The van der Waals surface area contributed by atoms with Crippen LogP contribution in [0, 0.1) is 11.3 Å². The molecule has 0 aliphatic heterocycles. The molecule has 0 bridgehead atoms. The highest BCUT2D eigenvalue weighted by Crippen LogP contribution is 2.33. The van der Waals surface area contributed by atoms with Gasteiger partial charge in [-0.1, -0.05) is 33.6 Å². The van der Waals surface area contributed by atoms with Gasteiger partial charge in [0.1, 0.15) is 5.54 Å². The lowest BCUT2D eigenvalue weighted by molar-refractivity contribution is 0.186. The van der Waals surface area contributed by atoms with Gasteiger partial charge in [0, 0.05) is 6.04 Å². The molecule has 1 rings (SSSR count). The van der Waals surface area contributed by atoms with Crippen LogP contribution in [0.5, 0.6) is 0 Å². The van der Waals surface area contributed by atoms with Gasteiger partial charge in [-0.05, 0) is 51.7 Å². The molecule has 0 aromatic rings. The van der Waals surface area contributed by atoms with Crippen molar-refractivity contribution < 1.29 is 0 Å². The van der Waals surface area contributed by atoms with Gasteiger partial charge >= 0.3 is 0 Å². The fourth-order valence-electron chi connectivity index (χ4n) is 3.17. The van der Waals surface area contributed by atoms with Gasteiger partial charge in [0.2, 0.25) is 0 Å². The summed E-state index contributed by atoms with van der Waals surface area (Å²) in [5.74, 6) is 0. The summed E-state index contributed by atoms with van der Waals surface area (Å²) in [4.78, 5) is 2.64. The van der Waals surface area contributed by atoms with Crippen molar-refractivity contribution in [3.8, 4) is 6.07 Å². The topological polar surface area (TPSA) is 39.1 Å². The molecule has 0 aromatic heterocycles. The van der Waals surface area contributed by atoms with Crippen LogP contribution >= 0.6 is 0 Å². The molecule has 0 saturated heterocycles. The number of nitriles is 1. The molecule has 1 fully saturated rings. The van der Waals surface area contributed by atoms with Crippen LogP contribution in [0.4, 0.5) is 0 Å². The van der Waals surface area contributed by atoms with E-state index in [0.29, 0.717) is 6.04 Å². The molecular weight excluding hydrogens is 234 g/mol. The minimum atomic E-state index is -0.254. The summed E-state index contributed by atoms with van der Waals surface area (Å²) in [5, 5.41) is 12.9. The van der Waals surface area contributed by atoms with E-state index in [9.17, 15) is 5.26 Å². The SMILES string of the molecule is CCCCN(CCCC)C1CCC(C#N)(NCC)C1. The zero-order valence-corrected chi connectivity index (χ0v) is 13.0. The highest BCUT2D eigenvalue weighted by atomic mass is 15.2. The van der Waals surface area contributed by atoms with E-state index in [0.717, 1.165) is 19.4 Å². The lowest BCUT2D eigenvalue weighted by atomic mass is 9.99. The molecule has 2 atom stereocenters. The molecule has 3 heteroatoms. The molecule has 1 N–H and O–H groups in total. The second-order valence-electron chi connectivity index (χ2n) is 5.86. The van der Waals surface area contributed by atoms with E-state index in [4.69, 9.17) is 0 Å². The largest absolute Gasteiger partial charge is 0.300 e. The first-order valence-corrected chi connectivity index (χ1v) is 8.11. The van der Waals surface area contributed by atoms with E-state index in [-0.39, 0.29) is 5.54 Å². The zero-order valence-electron chi connectivity index (χ0n) is 13.0. The van der Waals surface area contributed by atoms with Crippen molar-refractivity contribution in [3.05, 3.63) is 0 Å². The van der Waals surface area contributed by atoms with Crippen LogP contribution in [0.15, 0.2) is 0 Å². The van der Waals surface area contributed by atoms with Gasteiger partial charge < -0.3 is 4.90 Å². The normalized spacial score (nSPS) is 26.8. The first-order chi connectivity index (χ1) is 9.21. The molecule has 0 aromatic carbocycles. The van der Waals surface area contributed by atoms with Gasteiger partial charge in [-0.15, -0.1) is 0 Å². The van der Waals surface area contributed by atoms with Crippen molar-refractivity contribution in [2.24, 2.45) is 0 Å². The van der Waals surface area contributed by atoms with Gasteiger partial charge in [0.15, 0.2) is 0 Å². The van der Waals surface area contributed by atoms with Crippen LogP contribution < -0.4 is 5.32 Å². The smallest absolute Gasteiger partial charge is 0.108 e. The molecule has 2 unspecified atom stereocenters. The van der Waals surface area contributed by atoms with Crippen LogP contribution in [-0.2, 0) is 0 Å². The van der Waals surface area contributed by atoms with Gasteiger partial charge in [-0.2, -0.15) is 5.26 Å². The Hall–Kier alpha value is -0.590. The fourth-order valence-corrected chi connectivity index (χ4v) is 3.17. The van der Waals surface area contributed by atoms with Crippen molar-refractivity contribution in [1.82, 2.24) is 10.2 Å². The molecule has 1 saturated carbocycles. The second kappa shape index (κ2) is 8.55. The maximum atomic E-state index is 9.47. The van der Waals surface area contributed by atoms with E-state index in [1.165, 1.54) is 45.2 Å². The van der Waals surface area contributed by atoms with Crippen LogP contribution in [0.3, 0.4) is 0 Å². The predicted molar refractivity (Wildman–Crippen MR) is 81.0 cm³/mol. The quantitative estimate of drug-likeness (QED) is 0.695. The first-order valence-electron chi connectivity index (χ1n) is 8.11. The van der Waals surface area contributed by atoms with Crippen molar-refractivity contribution in [2.45, 2.75) is 77.3 Å². The molecule has 3 nitrogen and oxygen atoms in total. The third-order valence-corrected chi connectivity index (χ3v) is 4.33. The molecule has 110 valence electrons. The maximum Gasteiger partial charge on any atom is 0.108 e. The fraction of sp³-hybridized carbons (Fsp3) is 0.938. The highest BCUT2D eigenvalue weighted by Gasteiger charge is 2.40. The van der Waals surface area contributed by atoms with Gasteiger partial charge in [-0.3, -0.25) is 5.32 Å². The Labute approximate surface area is 119 Å². The molecule has 0 heterocycles. The Morgan fingerprint density at radius 2 is 1.84 bits per heavy atom. The first kappa shape index (κ1) is 16.5. The van der Waals surface area contributed by atoms with Gasteiger partial charge in [-0.25, -0.2) is 0 Å². The van der Waals surface area contributed by atoms with E-state index in [1.807, 2.05) is 0 Å². The summed E-state index contributed by atoms with van der Waals surface area (Å²) in [5.41, 5.74) is -0.254. The number of rotatable bonds is 9. The molecule has 1 aliphatic carbocycles. The number of unbranched alkanes of at least 4 members (excludes halogenated alkanes) is 2. The number of nitrogens with zero attached hydrogens (tertiary/aromatic N) is 2. The Morgan fingerprint density at radius 1 is 1.21 bits per heavy atom. The minimum Gasteiger partial charge on any atom is -0.300 e. The van der Waals surface area contributed by atoms with Crippen molar-refractivity contribution in [3.63, 3.8) is 0 Å². The third-order valence-electron chi connectivity index (χ3n) is 4.33. The van der Waals surface area contributed by atoms with E-state index in [1.54, 1.807) is 0 Å². The third kappa shape index (κ3) is 4.78. The van der Waals surface area contributed by atoms with Crippen molar-refractivity contribution in [2.75, 3.05) is 19.6 Å². The number of nitrogens with one attached hydrogen (secondary N) is 1. The average Bonchev–Trinajstić information content (AvgIpc) is 2.84. The molecular formula is C16H31N3. The van der Waals surface area contributed by atoms with Gasteiger partial charge in [0.25, 0.3) is 0 Å². The van der Waals surface area contributed by atoms with Crippen LogP contribution in [-0.4, -0.2) is 36.1 Å². The lowest BCUT2D eigenvalue weighted by Crippen LogP contribution is -2.44. The molecule has 1 aliphatic rings. The van der Waals surface area contributed by atoms with Crippen LogP contribution in [0.1, 0.15) is 65.7 Å². The van der Waals surface area contributed by atoms with Gasteiger partial charge in [0.05, 0.1) is 6.07 Å². The average molecular weight is 265 g/mol. The summed E-state index contributed by atoms with van der Waals surface area (Å²) >= 11 is 0. The Balaban J connectivity index is 2.58. The van der Waals surface area contributed by atoms with E-state index >= 15 is 0 Å². The number of hydrogen-bond donors (Lipinski definition) is 1. The Bertz CT molecular complexity index is 276. The van der Waals surface area contributed by atoms with E-state index in [2.05, 4.69) is 37.1 Å². The predicted octanol–water partition coefficient (Wildman–Crippen LogP) is 3.31. The summed E-state index contributed by atoms with van der Waals surface area (Å²) in [7, 11) is 0. The second-order valence-corrected chi connectivity index (χ2v) is 5.86. The van der Waals surface area contributed by atoms with Crippen molar-refractivity contribution >= 4 is 0 Å². The molecule has 0 spiro atoms. The zero-order chi connectivity index (χ0) is 14.1. The van der Waals surface area contributed by atoms with E-state index < -0.39 is 0 Å². The summed E-state index contributed by atoms with van der Waals surface area (Å²) in [6.45, 7) is 9.90.